The van der Waals surface area contributed by atoms with Gasteiger partial charge < -0.3 is 9.47 Å². The third-order valence-corrected chi connectivity index (χ3v) is 7.16. The number of hydrogen-bond donors (Lipinski definition) is 0. The average Bonchev–Trinajstić information content (AvgIpc) is 2.94. The van der Waals surface area contributed by atoms with Gasteiger partial charge in [0.15, 0.2) is 28.8 Å². The maximum Gasteiger partial charge on any atom is 0.172 e. The Morgan fingerprint density at radius 3 is 2.00 bits per heavy atom. The summed E-state index contributed by atoms with van der Waals surface area (Å²) in [6.45, 7) is 0. The lowest BCUT2D eigenvalue weighted by Crippen LogP contribution is -2.22. The summed E-state index contributed by atoms with van der Waals surface area (Å²) in [6, 6.07) is 28.3. The molecule has 2 aliphatic heterocycles. The molecule has 178 valence electrons. The molecule has 0 saturated carbocycles. The number of para-hydroxylation sites is 2. The van der Waals surface area contributed by atoms with Crippen LogP contribution in [0.1, 0.15) is 0 Å². The van der Waals surface area contributed by atoms with E-state index in [1.54, 1.807) is 6.07 Å². The lowest BCUT2D eigenvalue weighted by atomic mass is 9.99. The summed E-state index contributed by atoms with van der Waals surface area (Å²) in [5, 5.41) is 0.848. The van der Waals surface area contributed by atoms with Gasteiger partial charge in [0.05, 0.1) is 15.6 Å². The van der Waals surface area contributed by atoms with Crippen LogP contribution in [0.3, 0.4) is 0 Å². The smallest absolute Gasteiger partial charge is 0.172 e. The van der Waals surface area contributed by atoms with Gasteiger partial charge in [0.25, 0.3) is 0 Å². The molecule has 0 unspecified atom stereocenters. The van der Waals surface area contributed by atoms with Crippen molar-refractivity contribution >= 4 is 34.6 Å². The van der Waals surface area contributed by atoms with Gasteiger partial charge in [0.2, 0.25) is 0 Å². The Balaban J connectivity index is 1.59. The van der Waals surface area contributed by atoms with E-state index in [0.717, 1.165) is 11.1 Å². The highest BCUT2D eigenvalue weighted by Gasteiger charge is 2.31. The molecule has 0 atom stereocenters. The molecule has 2 heterocycles. The lowest BCUT2D eigenvalue weighted by Gasteiger charge is -2.24. The second-order valence-electron chi connectivity index (χ2n) is 8.57. The maximum atomic E-state index is 15.5. The van der Waals surface area contributed by atoms with Crippen molar-refractivity contribution in [3.8, 4) is 45.3 Å². The van der Waals surface area contributed by atoms with Crippen molar-refractivity contribution in [2.24, 2.45) is 9.98 Å². The molecule has 2 aliphatic rings. The van der Waals surface area contributed by atoms with Gasteiger partial charge in [0.1, 0.15) is 22.1 Å². The molecule has 0 fully saturated rings. The maximum absolute atomic E-state index is 15.5. The molecule has 0 radical (unpaired) electrons. The average molecular weight is 525 g/mol. The first kappa shape index (κ1) is 22.0. The zero-order valence-electron chi connectivity index (χ0n) is 19.0. The van der Waals surface area contributed by atoms with Crippen molar-refractivity contribution in [3.05, 3.63) is 118 Å². The standard InChI is InChI=1S/C30H15Cl2FN2O2/c31-24-22(16-9-3-1-4-10-16)30-28(26(33)25(24)32)35-19-15-21-27(34-18-13-7-8-14-20(18)36-21)23(29(19)37-30)17-11-5-2-6-12-17/h1-15H. The zero-order chi connectivity index (χ0) is 25.1. The SMILES string of the molecule is Fc1c(Cl)c(Cl)c(-c2ccccc2)c2c1N=c1cc3c(c(-c4ccccc4)c1O2)=Nc1ccccc1O3. The van der Waals surface area contributed by atoms with Crippen LogP contribution < -0.4 is 20.2 Å². The molecule has 0 amide bonds. The van der Waals surface area contributed by atoms with Crippen molar-refractivity contribution in [1.82, 2.24) is 0 Å². The fourth-order valence-electron chi connectivity index (χ4n) is 4.65. The van der Waals surface area contributed by atoms with Crippen LogP contribution in [-0.4, -0.2) is 0 Å². The fraction of sp³-hybridized carbons (Fsp3) is 0. The van der Waals surface area contributed by atoms with Gasteiger partial charge in [-0.25, -0.2) is 14.4 Å². The van der Waals surface area contributed by atoms with E-state index in [9.17, 15) is 0 Å². The Bertz CT molecular complexity index is 1860. The van der Waals surface area contributed by atoms with Crippen LogP contribution in [0.5, 0.6) is 23.0 Å². The molecule has 0 saturated heterocycles. The minimum Gasteiger partial charge on any atom is -0.453 e. The van der Waals surface area contributed by atoms with Crippen LogP contribution in [0.15, 0.2) is 101 Å². The van der Waals surface area contributed by atoms with E-state index in [2.05, 4.69) is 4.99 Å². The van der Waals surface area contributed by atoms with E-state index in [1.165, 1.54) is 0 Å². The van der Waals surface area contributed by atoms with Crippen molar-refractivity contribution in [2.75, 3.05) is 0 Å². The number of fused-ring (bicyclic) bond motifs is 4. The van der Waals surface area contributed by atoms with Crippen LogP contribution >= 0.6 is 23.2 Å². The highest BCUT2D eigenvalue weighted by atomic mass is 35.5. The highest BCUT2D eigenvalue weighted by molar-refractivity contribution is 6.44. The van der Waals surface area contributed by atoms with E-state index >= 15 is 4.39 Å². The Hall–Kier alpha value is -4.19. The van der Waals surface area contributed by atoms with Gasteiger partial charge in [-0.3, -0.25) is 0 Å². The molecular weight excluding hydrogens is 510 g/mol. The van der Waals surface area contributed by atoms with Crippen LogP contribution in [0.2, 0.25) is 10.0 Å². The van der Waals surface area contributed by atoms with Gasteiger partial charge in [0, 0.05) is 11.6 Å². The first-order valence-electron chi connectivity index (χ1n) is 11.5. The predicted molar refractivity (Wildman–Crippen MR) is 142 cm³/mol. The van der Waals surface area contributed by atoms with Gasteiger partial charge in [-0.2, -0.15) is 0 Å². The first-order valence-corrected chi connectivity index (χ1v) is 12.3. The van der Waals surface area contributed by atoms with E-state index in [4.69, 9.17) is 37.7 Å². The van der Waals surface area contributed by atoms with Crippen LogP contribution in [0, 0.1) is 5.82 Å². The Kier molecular flexibility index (Phi) is 5.03. The second-order valence-corrected chi connectivity index (χ2v) is 9.32. The summed E-state index contributed by atoms with van der Waals surface area (Å²) in [7, 11) is 0. The Morgan fingerprint density at radius 1 is 0.622 bits per heavy atom. The Labute approximate surface area is 220 Å². The number of rotatable bonds is 2. The molecule has 4 nitrogen and oxygen atoms in total. The number of nitrogens with zero attached hydrogens (tertiary/aromatic N) is 2. The molecule has 7 rings (SSSR count). The molecule has 0 aliphatic carbocycles. The number of ether oxygens (including phenoxy) is 2. The monoisotopic (exact) mass is 524 g/mol. The van der Waals surface area contributed by atoms with Crippen LogP contribution in [0.4, 0.5) is 15.8 Å². The number of hydrogen-bond acceptors (Lipinski definition) is 4. The fourth-order valence-corrected chi connectivity index (χ4v) is 5.11. The molecule has 7 heteroatoms. The van der Waals surface area contributed by atoms with Crippen molar-refractivity contribution in [3.63, 3.8) is 0 Å². The summed E-state index contributed by atoms with van der Waals surface area (Å²) in [4.78, 5) is 9.59. The van der Waals surface area contributed by atoms with Crippen molar-refractivity contribution < 1.29 is 13.9 Å². The van der Waals surface area contributed by atoms with Gasteiger partial charge in [-0.05, 0) is 23.3 Å². The van der Waals surface area contributed by atoms with E-state index in [-0.39, 0.29) is 21.5 Å². The summed E-state index contributed by atoms with van der Waals surface area (Å²) in [5.74, 6) is 0.996. The molecule has 37 heavy (non-hydrogen) atoms. The van der Waals surface area contributed by atoms with Crippen LogP contribution in [0.25, 0.3) is 22.3 Å². The third-order valence-electron chi connectivity index (χ3n) is 6.33. The predicted octanol–water partition coefficient (Wildman–Crippen LogP) is 8.58. The first-order chi connectivity index (χ1) is 18.1. The molecule has 0 bridgehead atoms. The van der Waals surface area contributed by atoms with E-state index < -0.39 is 5.82 Å². The lowest BCUT2D eigenvalue weighted by molar-refractivity contribution is 0.450. The normalized spacial score (nSPS) is 12.5. The summed E-state index contributed by atoms with van der Waals surface area (Å²) >= 11 is 12.9. The minimum atomic E-state index is -0.748. The molecule has 5 aromatic carbocycles. The van der Waals surface area contributed by atoms with Gasteiger partial charge in [-0.15, -0.1) is 0 Å². The molecule has 0 spiro atoms. The quantitative estimate of drug-likeness (QED) is 0.212. The van der Waals surface area contributed by atoms with Gasteiger partial charge in [-0.1, -0.05) is 96.0 Å². The largest absolute Gasteiger partial charge is 0.453 e. The second kappa shape index (κ2) is 8.44. The van der Waals surface area contributed by atoms with Crippen LogP contribution in [-0.2, 0) is 0 Å². The highest BCUT2D eigenvalue weighted by Crippen LogP contribution is 2.52. The summed E-state index contributed by atoms with van der Waals surface area (Å²) in [5.41, 5.74) is 3.41. The third kappa shape index (κ3) is 3.43. The summed E-state index contributed by atoms with van der Waals surface area (Å²) in [6.07, 6.45) is 0. The molecule has 0 aromatic heterocycles. The summed E-state index contributed by atoms with van der Waals surface area (Å²) < 4.78 is 28.2. The van der Waals surface area contributed by atoms with Gasteiger partial charge >= 0.3 is 0 Å². The van der Waals surface area contributed by atoms with E-state index in [1.807, 2.05) is 84.9 Å². The molecular formula is C30H15Cl2FN2O2. The number of benzene rings is 5. The molecule has 0 N–H and O–H groups in total. The van der Waals surface area contributed by atoms with Crippen molar-refractivity contribution in [2.45, 2.75) is 0 Å². The topological polar surface area (TPSA) is 43.2 Å². The number of halogens is 3. The molecule has 5 aromatic rings. The van der Waals surface area contributed by atoms with E-state index in [0.29, 0.717) is 44.8 Å². The van der Waals surface area contributed by atoms with Crippen molar-refractivity contribution in [1.29, 1.82) is 0 Å². The zero-order valence-corrected chi connectivity index (χ0v) is 20.5. The minimum absolute atomic E-state index is 0.0205. The Morgan fingerprint density at radius 2 is 1.27 bits per heavy atom.